The summed E-state index contributed by atoms with van der Waals surface area (Å²) in [6.07, 6.45) is 5.75. The summed E-state index contributed by atoms with van der Waals surface area (Å²) in [5.41, 5.74) is 1.02. The molecular weight excluding hydrogens is 209 g/mol. The molecule has 82 valence electrons. The monoisotopic (exact) mass is 219 g/mol. The molecule has 16 heavy (non-hydrogen) atoms. The normalized spacial score (nSPS) is 10.4. The Morgan fingerprint density at radius 3 is 2.94 bits per heavy atom. The number of hydrogen-bond donors (Lipinski definition) is 0. The SMILES string of the molecule is CC(=O)c1cnn(Cc2ccncc2F)c1. The van der Waals surface area contributed by atoms with Gasteiger partial charge in [-0.25, -0.2) is 4.39 Å². The zero-order valence-electron chi connectivity index (χ0n) is 8.72. The maximum Gasteiger partial charge on any atom is 0.162 e. The number of carbonyl (C=O) groups is 1. The Kier molecular flexibility index (Phi) is 2.76. The van der Waals surface area contributed by atoms with Crippen LogP contribution in [0.3, 0.4) is 0 Å². The van der Waals surface area contributed by atoms with E-state index in [1.54, 1.807) is 12.3 Å². The van der Waals surface area contributed by atoms with E-state index >= 15 is 0 Å². The fraction of sp³-hybridized carbons (Fsp3) is 0.182. The standard InChI is InChI=1S/C11H10FN3O/c1-8(16)10-4-14-15(7-10)6-9-2-3-13-5-11(9)12/h2-5,7H,6H2,1H3. The summed E-state index contributed by atoms with van der Waals surface area (Å²) >= 11 is 0. The number of rotatable bonds is 3. The third kappa shape index (κ3) is 2.13. The van der Waals surface area contributed by atoms with Gasteiger partial charge in [0.2, 0.25) is 0 Å². The molecule has 2 rings (SSSR count). The summed E-state index contributed by atoms with van der Waals surface area (Å²) < 4.78 is 14.8. The van der Waals surface area contributed by atoms with Crippen molar-refractivity contribution in [3.8, 4) is 0 Å². The molecule has 0 amide bonds. The highest BCUT2D eigenvalue weighted by atomic mass is 19.1. The van der Waals surface area contributed by atoms with Crippen LogP contribution in [0, 0.1) is 5.82 Å². The van der Waals surface area contributed by atoms with E-state index in [4.69, 9.17) is 0 Å². The third-order valence-electron chi connectivity index (χ3n) is 2.23. The van der Waals surface area contributed by atoms with Crippen LogP contribution in [0.5, 0.6) is 0 Å². The van der Waals surface area contributed by atoms with Gasteiger partial charge in [-0.1, -0.05) is 0 Å². The molecular formula is C11H10FN3O. The summed E-state index contributed by atoms with van der Waals surface area (Å²) in [6, 6.07) is 1.59. The summed E-state index contributed by atoms with van der Waals surface area (Å²) in [5, 5.41) is 3.98. The van der Waals surface area contributed by atoms with Crippen molar-refractivity contribution in [3.63, 3.8) is 0 Å². The Hall–Kier alpha value is -2.04. The van der Waals surface area contributed by atoms with E-state index in [9.17, 15) is 9.18 Å². The van der Waals surface area contributed by atoms with E-state index in [-0.39, 0.29) is 11.6 Å². The van der Waals surface area contributed by atoms with Crippen LogP contribution in [0.25, 0.3) is 0 Å². The second kappa shape index (κ2) is 4.22. The van der Waals surface area contributed by atoms with Crippen LogP contribution < -0.4 is 0 Å². The van der Waals surface area contributed by atoms with Gasteiger partial charge in [-0.05, 0) is 13.0 Å². The van der Waals surface area contributed by atoms with Crippen LogP contribution >= 0.6 is 0 Å². The van der Waals surface area contributed by atoms with Crippen LogP contribution in [0.1, 0.15) is 22.8 Å². The lowest BCUT2D eigenvalue weighted by molar-refractivity contribution is 0.101. The van der Waals surface area contributed by atoms with Crippen molar-refractivity contribution in [3.05, 3.63) is 47.8 Å². The van der Waals surface area contributed by atoms with Crippen molar-refractivity contribution in [2.24, 2.45) is 0 Å². The molecule has 0 spiro atoms. The minimum Gasteiger partial charge on any atom is -0.294 e. The molecule has 2 aromatic heterocycles. The number of halogens is 1. The Morgan fingerprint density at radius 1 is 1.50 bits per heavy atom. The average molecular weight is 219 g/mol. The molecule has 4 nitrogen and oxygen atoms in total. The van der Waals surface area contributed by atoms with E-state index in [1.165, 1.54) is 24.0 Å². The van der Waals surface area contributed by atoms with Crippen molar-refractivity contribution >= 4 is 5.78 Å². The molecule has 0 aliphatic rings. The topological polar surface area (TPSA) is 47.8 Å². The highest BCUT2D eigenvalue weighted by Crippen LogP contribution is 2.07. The van der Waals surface area contributed by atoms with Crippen molar-refractivity contribution in [1.82, 2.24) is 14.8 Å². The molecule has 0 saturated carbocycles. The lowest BCUT2D eigenvalue weighted by atomic mass is 10.2. The van der Waals surface area contributed by atoms with E-state index in [2.05, 4.69) is 10.1 Å². The highest BCUT2D eigenvalue weighted by molar-refractivity contribution is 5.93. The zero-order valence-corrected chi connectivity index (χ0v) is 8.72. The molecule has 2 aromatic rings. The summed E-state index contributed by atoms with van der Waals surface area (Å²) in [7, 11) is 0. The minimum atomic E-state index is -0.373. The second-order valence-electron chi connectivity index (χ2n) is 3.45. The van der Waals surface area contributed by atoms with Crippen molar-refractivity contribution in [1.29, 1.82) is 0 Å². The van der Waals surface area contributed by atoms with Gasteiger partial charge in [0.15, 0.2) is 5.78 Å². The smallest absolute Gasteiger partial charge is 0.162 e. The zero-order chi connectivity index (χ0) is 11.5. The predicted molar refractivity (Wildman–Crippen MR) is 55.5 cm³/mol. The van der Waals surface area contributed by atoms with Crippen LogP contribution in [0.15, 0.2) is 30.9 Å². The Morgan fingerprint density at radius 2 is 2.31 bits per heavy atom. The van der Waals surface area contributed by atoms with Gasteiger partial charge in [0.25, 0.3) is 0 Å². The number of hydrogen-bond acceptors (Lipinski definition) is 3. The molecule has 0 bridgehead atoms. The Labute approximate surface area is 91.7 Å². The highest BCUT2D eigenvalue weighted by Gasteiger charge is 2.06. The fourth-order valence-electron chi connectivity index (χ4n) is 1.34. The molecule has 0 aliphatic heterocycles. The van der Waals surface area contributed by atoms with Gasteiger partial charge in [0, 0.05) is 18.0 Å². The maximum atomic E-state index is 13.3. The van der Waals surface area contributed by atoms with Crippen molar-refractivity contribution < 1.29 is 9.18 Å². The lowest BCUT2D eigenvalue weighted by Gasteiger charge is -2.01. The number of carbonyl (C=O) groups excluding carboxylic acids is 1. The number of Topliss-reactive ketones (excluding diaryl/α,β-unsaturated/α-hetero) is 1. The number of pyridine rings is 1. The first kappa shape index (κ1) is 10.5. The first-order chi connectivity index (χ1) is 7.66. The Balaban J connectivity index is 2.21. The van der Waals surface area contributed by atoms with Gasteiger partial charge in [-0.3, -0.25) is 14.5 Å². The summed E-state index contributed by atoms with van der Waals surface area (Å²) in [5.74, 6) is -0.427. The average Bonchev–Trinajstić information content (AvgIpc) is 2.70. The fourth-order valence-corrected chi connectivity index (χ4v) is 1.34. The van der Waals surface area contributed by atoms with Crippen LogP contribution in [0.2, 0.25) is 0 Å². The number of ketones is 1. The van der Waals surface area contributed by atoms with Gasteiger partial charge >= 0.3 is 0 Å². The minimum absolute atomic E-state index is 0.0542. The van der Waals surface area contributed by atoms with Gasteiger partial charge < -0.3 is 0 Å². The van der Waals surface area contributed by atoms with Crippen LogP contribution in [-0.2, 0) is 6.54 Å². The van der Waals surface area contributed by atoms with Gasteiger partial charge in [0.1, 0.15) is 5.82 Å². The molecule has 0 aromatic carbocycles. The summed E-state index contributed by atoms with van der Waals surface area (Å²) in [6.45, 7) is 1.76. The van der Waals surface area contributed by atoms with Gasteiger partial charge in [-0.2, -0.15) is 5.10 Å². The lowest BCUT2D eigenvalue weighted by Crippen LogP contribution is -2.02. The molecule has 5 heteroatoms. The quantitative estimate of drug-likeness (QED) is 0.738. The summed E-state index contributed by atoms with van der Waals surface area (Å²) in [4.78, 5) is 14.7. The third-order valence-corrected chi connectivity index (χ3v) is 2.23. The molecule has 2 heterocycles. The first-order valence-corrected chi connectivity index (χ1v) is 4.78. The molecule has 0 radical (unpaired) electrons. The molecule has 0 N–H and O–H groups in total. The van der Waals surface area contributed by atoms with Gasteiger partial charge in [0.05, 0.1) is 24.5 Å². The molecule has 0 atom stereocenters. The molecule has 0 aliphatic carbocycles. The van der Waals surface area contributed by atoms with E-state index in [1.807, 2.05) is 0 Å². The van der Waals surface area contributed by atoms with E-state index in [0.29, 0.717) is 17.7 Å². The molecule has 0 unspecified atom stereocenters. The first-order valence-electron chi connectivity index (χ1n) is 4.78. The molecule has 0 saturated heterocycles. The van der Waals surface area contributed by atoms with Crippen molar-refractivity contribution in [2.45, 2.75) is 13.5 Å². The van der Waals surface area contributed by atoms with E-state index < -0.39 is 0 Å². The van der Waals surface area contributed by atoms with Crippen molar-refractivity contribution in [2.75, 3.05) is 0 Å². The van der Waals surface area contributed by atoms with Crippen LogP contribution in [-0.4, -0.2) is 20.5 Å². The Bertz CT molecular complexity index is 521. The number of aromatic nitrogens is 3. The second-order valence-corrected chi connectivity index (χ2v) is 3.45. The predicted octanol–water partition coefficient (Wildman–Crippen LogP) is 1.67. The largest absolute Gasteiger partial charge is 0.294 e. The maximum absolute atomic E-state index is 13.3. The van der Waals surface area contributed by atoms with E-state index in [0.717, 1.165) is 6.20 Å². The number of nitrogens with zero attached hydrogens (tertiary/aromatic N) is 3. The van der Waals surface area contributed by atoms with Gasteiger partial charge in [-0.15, -0.1) is 0 Å². The molecule has 0 fully saturated rings. The van der Waals surface area contributed by atoms with Crippen LogP contribution in [0.4, 0.5) is 4.39 Å².